The van der Waals surface area contributed by atoms with Gasteiger partial charge in [0.2, 0.25) is 0 Å². The summed E-state index contributed by atoms with van der Waals surface area (Å²) in [4.78, 5) is 0. The Balaban J connectivity index is 2.34. The van der Waals surface area contributed by atoms with Crippen LogP contribution in [0.25, 0.3) is 0 Å². The molecule has 19 heavy (non-hydrogen) atoms. The second kappa shape index (κ2) is 4.90. The third-order valence-electron chi connectivity index (χ3n) is 2.33. The third kappa shape index (κ3) is 3.04. The van der Waals surface area contributed by atoms with Gasteiger partial charge < -0.3 is 14.6 Å². The summed E-state index contributed by atoms with van der Waals surface area (Å²) in [5.41, 5.74) is -1.45. The number of hydrogen-bond donors (Lipinski definition) is 1. The van der Waals surface area contributed by atoms with Crippen LogP contribution in [0.2, 0.25) is 0 Å². The Morgan fingerprint density at radius 3 is 2.37 bits per heavy atom. The zero-order valence-corrected chi connectivity index (χ0v) is 10.4. The molecular formula is C14H12F2O3. The van der Waals surface area contributed by atoms with Gasteiger partial charge in [0.1, 0.15) is 18.1 Å². The number of halogens is 2. The average Bonchev–Trinajstić information content (AvgIpc) is 2.83. The normalized spacial score (nSPS) is 14.6. The van der Waals surface area contributed by atoms with Gasteiger partial charge >= 0.3 is 0 Å². The number of hydrogen-bond acceptors (Lipinski definition) is 3. The van der Waals surface area contributed by atoms with Gasteiger partial charge in [0.05, 0.1) is 11.1 Å². The van der Waals surface area contributed by atoms with E-state index in [1.54, 1.807) is 0 Å². The molecule has 0 atom stereocenters. The molecule has 1 N–H and O–H groups in total. The highest BCUT2D eigenvalue weighted by atomic mass is 19.2. The molecule has 1 aliphatic rings. The van der Waals surface area contributed by atoms with E-state index < -0.39 is 23.5 Å². The van der Waals surface area contributed by atoms with Gasteiger partial charge in [0.25, 0.3) is 6.29 Å². The summed E-state index contributed by atoms with van der Waals surface area (Å²) in [6.45, 7) is 2.91. The molecular weight excluding hydrogens is 254 g/mol. The van der Waals surface area contributed by atoms with Crippen molar-refractivity contribution in [1.82, 2.24) is 0 Å². The highest BCUT2D eigenvalue weighted by molar-refractivity contribution is 5.40. The Labute approximate surface area is 109 Å². The summed E-state index contributed by atoms with van der Waals surface area (Å²) in [6.07, 6.45) is 1.53. The van der Waals surface area contributed by atoms with Crippen molar-refractivity contribution in [3.63, 3.8) is 0 Å². The van der Waals surface area contributed by atoms with Gasteiger partial charge in [0.15, 0.2) is 11.6 Å². The highest BCUT2D eigenvalue weighted by Gasteiger charge is 2.23. The van der Waals surface area contributed by atoms with Crippen LogP contribution in [0.3, 0.4) is 0 Å². The molecule has 2 rings (SSSR count). The maximum Gasteiger partial charge on any atom is 0.269 e. The maximum atomic E-state index is 13.8. The van der Waals surface area contributed by atoms with Crippen molar-refractivity contribution in [3.05, 3.63) is 47.4 Å². The van der Waals surface area contributed by atoms with E-state index in [2.05, 4.69) is 11.8 Å². The first-order chi connectivity index (χ1) is 8.88. The first-order valence-corrected chi connectivity index (χ1v) is 5.58. The van der Waals surface area contributed by atoms with Crippen molar-refractivity contribution in [2.24, 2.45) is 0 Å². The van der Waals surface area contributed by atoms with Crippen LogP contribution < -0.4 is 0 Å². The van der Waals surface area contributed by atoms with Crippen LogP contribution in [0.15, 0.2) is 24.7 Å². The number of benzene rings is 1. The van der Waals surface area contributed by atoms with Crippen LogP contribution in [-0.4, -0.2) is 10.7 Å². The van der Waals surface area contributed by atoms with E-state index >= 15 is 0 Å². The van der Waals surface area contributed by atoms with Gasteiger partial charge in [-0.25, -0.2) is 8.78 Å². The Bertz CT molecular complexity index is 569. The summed E-state index contributed by atoms with van der Waals surface area (Å²) in [7, 11) is 0. The predicted octanol–water partition coefficient (Wildman–Crippen LogP) is 2.60. The van der Waals surface area contributed by atoms with E-state index in [0.717, 1.165) is 0 Å². The van der Waals surface area contributed by atoms with Gasteiger partial charge in [-0.3, -0.25) is 0 Å². The predicted molar refractivity (Wildman–Crippen MR) is 63.6 cm³/mol. The zero-order chi connectivity index (χ0) is 14.0. The number of aliphatic hydroxyl groups is 1. The molecule has 0 saturated carbocycles. The molecule has 0 unspecified atom stereocenters. The summed E-state index contributed by atoms with van der Waals surface area (Å²) in [5.74, 6) is 2.66. The molecule has 100 valence electrons. The summed E-state index contributed by atoms with van der Waals surface area (Å²) < 4.78 is 37.5. The van der Waals surface area contributed by atoms with E-state index in [0.29, 0.717) is 0 Å². The Hall–Kier alpha value is -2.06. The first-order valence-electron chi connectivity index (χ1n) is 5.58. The molecule has 0 saturated heterocycles. The van der Waals surface area contributed by atoms with E-state index in [4.69, 9.17) is 9.47 Å². The lowest BCUT2D eigenvalue weighted by molar-refractivity contribution is -0.0275. The van der Waals surface area contributed by atoms with Crippen molar-refractivity contribution in [1.29, 1.82) is 0 Å². The first kappa shape index (κ1) is 13.4. The van der Waals surface area contributed by atoms with E-state index in [1.807, 2.05) is 0 Å². The van der Waals surface area contributed by atoms with Gasteiger partial charge in [-0.2, -0.15) is 0 Å². The smallest absolute Gasteiger partial charge is 0.269 e. The fourth-order valence-corrected chi connectivity index (χ4v) is 1.45. The molecule has 0 aromatic heterocycles. The van der Waals surface area contributed by atoms with Crippen LogP contribution in [-0.2, 0) is 9.47 Å². The largest absolute Gasteiger partial charge is 0.455 e. The van der Waals surface area contributed by atoms with Crippen molar-refractivity contribution < 1.29 is 23.4 Å². The average molecular weight is 266 g/mol. The number of rotatable bonds is 1. The molecule has 0 radical (unpaired) electrons. The minimum absolute atomic E-state index is 0.0451. The molecule has 0 fully saturated rings. The summed E-state index contributed by atoms with van der Waals surface area (Å²) >= 11 is 0. The maximum absolute atomic E-state index is 13.8. The molecule has 1 aromatic rings. The minimum atomic E-state index is -1.27. The Morgan fingerprint density at radius 2 is 1.79 bits per heavy atom. The quantitative estimate of drug-likeness (QED) is 0.794. The van der Waals surface area contributed by atoms with Gasteiger partial charge in [-0.1, -0.05) is 11.8 Å². The van der Waals surface area contributed by atoms with Crippen LogP contribution in [0.4, 0.5) is 8.78 Å². The van der Waals surface area contributed by atoms with E-state index in [1.165, 1.54) is 38.5 Å². The van der Waals surface area contributed by atoms with Crippen LogP contribution in [0, 0.1) is 23.5 Å². The molecule has 1 aromatic carbocycles. The van der Waals surface area contributed by atoms with Gasteiger partial charge in [0, 0.05) is 0 Å². The zero-order valence-electron chi connectivity index (χ0n) is 10.4. The van der Waals surface area contributed by atoms with Crippen LogP contribution in [0.1, 0.15) is 31.3 Å². The van der Waals surface area contributed by atoms with Gasteiger partial charge in [-0.15, -0.1) is 0 Å². The van der Waals surface area contributed by atoms with Crippen molar-refractivity contribution >= 4 is 0 Å². The molecule has 3 nitrogen and oxygen atoms in total. The van der Waals surface area contributed by atoms with Crippen LogP contribution in [0.5, 0.6) is 0 Å². The van der Waals surface area contributed by atoms with Gasteiger partial charge in [-0.05, 0) is 26.0 Å². The topological polar surface area (TPSA) is 38.7 Å². The SMILES string of the molecule is CC(C)(O)C#Cc1ccc(C2OC=CO2)c(F)c1F. The summed E-state index contributed by atoms with van der Waals surface area (Å²) in [5, 5.41) is 9.43. The monoisotopic (exact) mass is 266 g/mol. The fourth-order valence-electron chi connectivity index (χ4n) is 1.45. The van der Waals surface area contributed by atoms with E-state index in [9.17, 15) is 13.9 Å². The Kier molecular flexibility index (Phi) is 3.45. The van der Waals surface area contributed by atoms with Crippen molar-refractivity contribution in [2.45, 2.75) is 25.7 Å². The summed E-state index contributed by atoms with van der Waals surface area (Å²) in [6, 6.07) is 2.65. The van der Waals surface area contributed by atoms with E-state index in [-0.39, 0.29) is 11.1 Å². The molecule has 0 amide bonds. The standard InChI is InChI=1S/C14H12F2O3/c1-14(2,17)6-5-9-3-4-10(12(16)11(9)15)13-18-7-8-19-13/h3-4,7-8,13,17H,1-2H3. The van der Waals surface area contributed by atoms with Crippen molar-refractivity contribution in [2.75, 3.05) is 0 Å². The second-order valence-corrected chi connectivity index (χ2v) is 4.52. The fraction of sp³-hybridized carbons (Fsp3) is 0.286. The molecule has 5 heteroatoms. The van der Waals surface area contributed by atoms with Crippen LogP contribution >= 0.6 is 0 Å². The lowest BCUT2D eigenvalue weighted by Crippen LogP contribution is -2.14. The third-order valence-corrected chi connectivity index (χ3v) is 2.33. The second-order valence-electron chi connectivity index (χ2n) is 4.52. The Morgan fingerprint density at radius 1 is 1.16 bits per heavy atom. The highest BCUT2D eigenvalue weighted by Crippen LogP contribution is 2.28. The number of ether oxygens (including phenoxy) is 2. The minimum Gasteiger partial charge on any atom is -0.455 e. The molecule has 0 bridgehead atoms. The molecule has 0 spiro atoms. The molecule has 1 aliphatic heterocycles. The lowest BCUT2D eigenvalue weighted by Gasteiger charge is -2.12. The molecule has 1 heterocycles. The van der Waals surface area contributed by atoms with Crippen molar-refractivity contribution in [3.8, 4) is 11.8 Å². The molecule has 0 aliphatic carbocycles. The lowest BCUT2D eigenvalue weighted by atomic mass is 10.1.